The first kappa shape index (κ1) is 14.9. The van der Waals surface area contributed by atoms with Crippen molar-refractivity contribution in [1.82, 2.24) is 0 Å². The molecule has 0 aromatic heterocycles. The summed E-state index contributed by atoms with van der Waals surface area (Å²) in [6.45, 7) is 2.05. The highest BCUT2D eigenvalue weighted by Crippen LogP contribution is 2.21. The van der Waals surface area contributed by atoms with Gasteiger partial charge in [-0.3, -0.25) is 5.43 Å². The minimum absolute atomic E-state index is 0.788. The van der Waals surface area contributed by atoms with Crippen LogP contribution in [0.15, 0.2) is 84.0 Å². The lowest BCUT2D eigenvalue weighted by molar-refractivity contribution is 0.482. The molecule has 1 N–H and O–H groups in total. The normalized spacial score (nSPS) is 10.7. The van der Waals surface area contributed by atoms with Gasteiger partial charge in [0, 0.05) is 0 Å². The Hall–Kier alpha value is -3.07. The van der Waals surface area contributed by atoms with Crippen molar-refractivity contribution in [2.24, 2.45) is 5.10 Å². The van der Waals surface area contributed by atoms with E-state index in [2.05, 4.69) is 23.5 Å². The van der Waals surface area contributed by atoms with Gasteiger partial charge < -0.3 is 4.74 Å². The van der Waals surface area contributed by atoms with Crippen LogP contribution >= 0.6 is 0 Å². The van der Waals surface area contributed by atoms with E-state index in [0.717, 1.165) is 22.7 Å². The summed E-state index contributed by atoms with van der Waals surface area (Å²) in [5.74, 6) is 1.61. The number of ether oxygens (including phenoxy) is 1. The number of hydrogen-bond acceptors (Lipinski definition) is 3. The lowest BCUT2D eigenvalue weighted by atomic mass is 10.2. The van der Waals surface area contributed by atoms with Gasteiger partial charge in [-0.2, -0.15) is 5.10 Å². The van der Waals surface area contributed by atoms with Gasteiger partial charge in [0.15, 0.2) is 0 Å². The predicted octanol–water partition coefficient (Wildman–Crippen LogP) is 5.23. The van der Waals surface area contributed by atoms with Gasteiger partial charge in [-0.15, -0.1) is 0 Å². The molecule has 3 aromatic rings. The van der Waals surface area contributed by atoms with Gasteiger partial charge in [-0.25, -0.2) is 0 Å². The SMILES string of the molecule is Cc1cccc(N/N=C/c2cccc(Oc3ccccc3)c2)c1. The summed E-state index contributed by atoms with van der Waals surface area (Å²) in [7, 11) is 0. The van der Waals surface area contributed by atoms with E-state index < -0.39 is 0 Å². The van der Waals surface area contributed by atoms with E-state index in [1.165, 1.54) is 5.56 Å². The Balaban J connectivity index is 1.66. The van der Waals surface area contributed by atoms with Gasteiger partial charge in [0.2, 0.25) is 0 Å². The molecule has 0 atom stereocenters. The van der Waals surface area contributed by atoms with Crippen LogP contribution in [0.4, 0.5) is 5.69 Å². The monoisotopic (exact) mass is 302 g/mol. The molecule has 0 fully saturated rings. The van der Waals surface area contributed by atoms with Crippen LogP contribution in [0.3, 0.4) is 0 Å². The van der Waals surface area contributed by atoms with Crippen molar-refractivity contribution < 1.29 is 4.74 Å². The molecule has 0 heterocycles. The molecule has 0 unspecified atom stereocenters. The van der Waals surface area contributed by atoms with E-state index in [9.17, 15) is 0 Å². The minimum Gasteiger partial charge on any atom is -0.457 e. The Morgan fingerprint density at radius 1 is 0.826 bits per heavy atom. The summed E-state index contributed by atoms with van der Waals surface area (Å²) in [6.07, 6.45) is 1.78. The first-order chi connectivity index (χ1) is 11.3. The van der Waals surface area contributed by atoms with Crippen molar-refractivity contribution in [2.45, 2.75) is 6.92 Å². The molecule has 23 heavy (non-hydrogen) atoms. The second-order valence-electron chi connectivity index (χ2n) is 5.23. The zero-order valence-corrected chi connectivity index (χ0v) is 12.9. The van der Waals surface area contributed by atoms with E-state index in [0.29, 0.717) is 0 Å². The molecule has 0 amide bonds. The van der Waals surface area contributed by atoms with Crippen LogP contribution in [0.1, 0.15) is 11.1 Å². The van der Waals surface area contributed by atoms with Gasteiger partial charge in [-0.1, -0.05) is 42.5 Å². The van der Waals surface area contributed by atoms with Crippen LogP contribution in [0.2, 0.25) is 0 Å². The number of anilines is 1. The van der Waals surface area contributed by atoms with Crippen molar-refractivity contribution in [3.05, 3.63) is 90.0 Å². The van der Waals surface area contributed by atoms with E-state index in [1.54, 1.807) is 6.21 Å². The Kier molecular flexibility index (Phi) is 4.69. The molecule has 0 aliphatic heterocycles. The largest absolute Gasteiger partial charge is 0.457 e. The number of hydrogen-bond donors (Lipinski definition) is 1. The molecule has 0 spiro atoms. The second-order valence-corrected chi connectivity index (χ2v) is 5.23. The van der Waals surface area contributed by atoms with E-state index in [1.807, 2.05) is 72.8 Å². The molecule has 3 rings (SSSR count). The number of hydrazone groups is 1. The van der Waals surface area contributed by atoms with Gasteiger partial charge in [0.05, 0.1) is 11.9 Å². The Labute approximate surface area is 136 Å². The topological polar surface area (TPSA) is 33.6 Å². The minimum atomic E-state index is 0.788. The number of nitrogens with one attached hydrogen (secondary N) is 1. The fraction of sp³-hybridized carbons (Fsp3) is 0.0500. The van der Waals surface area contributed by atoms with Crippen molar-refractivity contribution in [3.63, 3.8) is 0 Å². The average Bonchev–Trinajstić information content (AvgIpc) is 2.56. The van der Waals surface area contributed by atoms with Gasteiger partial charge in [-0.05, 0) is 54.4 Å². The molecular formula is C20H18N2O. The van der Waals surface area contributed by atoms with Crippen molar-refractivity contribution in [1.29, 1.82) is 0 Å². The number of benzene rings is 3. The van der Waals surface area contributed by atoms with Crippen LogP contribution < -0.4 is 10.2 Å². The molecule has 0 saturated carbocycles. The summed E-state index contributed by atoms with van der Waals surface area (Å²) in [5.41, 5.74) is 6.17. The lowest BCUT2D eigenvalue weighted by Gasteiger charge is -2.06. The van der Waals surface area contributed by atoms with Crippen LogP contribution in [0.25, 0.3) is 0 Å². The maximum absolute atomic E-state index is 5.82. The molecule has 3 aromatic carbocycles. The third kappa shape index (κ3) is 4.45. The Morgan fingerprint density at radius 2 is 1.61 bits per heavy atom. The fourth-order valence-electron chi connectivity index (χ4n) is 2.18. The van der Waals surface area contributed by atoms with Crippen molar-refractivity contribution in [2.75, 3.05) is 5.43 Å². The van der Waals surface area contributed by atoms with Gasteiger partial charge in [0.1, 0.15) is 11.5 Å². The lowest BCUT2D eigenvalue weighted by Crippen LogP contribution is -1.91. The summed E-state index contributed by atoms with van der Waals surface area (Å²) < 4.78 is 5.82. The third-order valence-corrected chi connectivity index (χ3v) is 3.26. The second kappa shape index (κ2) is 7.27. The maximum Gasteiger partial charge on any atom is 0.128 e. The van der Waals surface area contributed by atoms with Gasteiger partial charge in [0.25, 0.3) is 0 Å². The van der Waals surface area contributed by atoms with Crippen molar-refractivity contribution in [3.8, 4) is 11.5 Å². The molecule has 0 bridgehead atoms. The van der Waals surface area contributed by atoms with Crippen LogP contribution in [-0.4, -0.2) is 6.21 Å². The molecule has 0 aliphatic rings. The van der Waals surface area contributed by atoms with Gasteiger partial charge >= 0.3 is 0 Å². The zero-order valence-electron chi connectivity index (χ0n) is 12.9. The first-order valence-electron chi connectivity index (χ1n) is 7.48. The summed E-state index contributed by atoms with van der Waals surface area (Å²) in [5, 5.41) is 4.27. The maximum atomic E-state index is 5.82. The summed E-state index contributed by atoms with van der Waals surface area (Å²) in [4.78, 5) is 0. The third-order valence-electron chi connectivity index (χ3n) is 3.26. The van der Waals surface area contributed by atoms with E-state index in [-0.39, 0.29) is 0 Å². The fourth-order valence-corrected chi connectivity index (χ4v) is 2.18. The van der Waals surface area contributed by atoms with E-state index in [4.69, 9.17) is 4.74 Å². The zero-order chi connectivity index (χ0) is 15.9. The van der Waals surface area contributed by atoms with Crippen LogP contribution in [0.5, 0.6) is 11.5 Å². The van der Waals surface area contributed by atoms with Crippen LogP contribution in [-0.2, 0) is 0 Å². The molecule has 3 heteroatoms. The summed E-state index contributed by atoms with van der Waals surface area (Å²) >= 11 is 0. The Bertz CT molecular complexity index is 798. The highest BCUT2D eigenvalue weighted by molar-refractivity contribution is 5.80. The van der Waals surface area contributed by atoms with E-state index >= 15 is 0 Å². The molecule has 0 aliphatic carbocycles. The standard InChI is InChI=1S/C20H18N2O/c1-16-7-5-9-18(13-16)22-21-15-17-8-6-12-20(14-17)23-19-10-3-2-4-11-19/h2-15,22H,1H3/b21-15+. The van der Waals surface area contributed by atoms with Crippen molar-refractivity contribution >= 4 is 11.9 Å². The molecule has 0 radical (unpaired) electrons. The number of para-hydroxylation sites is 1. The molecular weight excluding hydrogens is 284 g/mol. The molecule has 3 nitrogen and oxygen atoms in total. The highest BCUT2D eigenvalue weighted by atomic mass is 16.5. The first-order valence-corrected chi connectivity index (χ1v) is 7.48. The number of nitrogens with zero attached hydrogens (tertiary/aromatic N) is 1. The smallest absolute Gasteiger partial charge is 0.128 e. The Morgan fingerprint density at radius 3 is 2.43 bits per heavy atom. The molecule has 114 valence electrons. The number of rotatable bonds is 5. The quantitative estimate of drug-likeness (QED) is 0.517. The molecule has 0 saturated heterocycles. The van der Waals surface area contributed by atoms with Crippen LogP contribution in [0, 0.1) is 6.92 Å². The number of aryl methyl sites for hydroxylation is 1. The summed E-state index contributed by atoms with van der Waals surface area (Å²) in [6, 6.07) is 25.6. The highest BCUT2D eigenvalue weighted by Gasteiger charge is 1.97. The predicted molar refractivity (Wildman–Crippen MR) is 95.4 cm³/mol. The average molecular weight is 302 g/mol.